The summed E-state index contributed by atoms with van der Waals surface area (Å²) in [4.78, 5) is 25.1. The zero-order valence-electron chi connectivity index (χ0n) is 12.9. The van der Waals surface area contributed by atoms with Gasteiger partial charge >= 0.3 is 0 Å². The summed E-state index contributed by atoms with van der Waals surface area (Å²) in [6.45, 7) is 3.34. The van der Waals surface area contributed by atoms with E-state index < -0.39 is 4.92 Å². The maximum absolute atomic E-state index is 12.7. The smallest absolute Gasteiger partial charge is 0.283 e. The van der Waals surface area contributed by atoms with E-state index in [1.54, 1.807) is 4.90 Å². The topological polar surface area (TPSA) is 75.5 Å². The molecule has 1 aromatic carbocycles. The second-order valence-corrected chi connectivity index (χ2v) is 6.84. The van der Waals surface area contributed by atoms with Crippen LogP contribution in [0.25, 0.3) is 0 Å². The third-order valence-electron chi connectivity index (χ3n) is 5.18. The van der Waals surface area contributed by atoms with Crippen LogP contribution >= 0.6 is 11.6 Å². The van der Waals surface area contributed by atoms with Crippen LogP contribution in [0, 0.1) is 15.5 Å². The van der Waals surface area contributed by atoms with Gasteiger partial charge in [0.2, 0.25) is 0 Å². The number of rotatable bonds is 2. The first-order valence-corrected chi connectivity index (χ1v) is 8.33. The van der Waals surface area contributed by atoms with E-state index in [-0.39, 0.29) is 22.2 Å². The van der Waals surface area contributed by atoms with Gasteiger partial charge in [0.1, 0.15) is 5.56 Å². The average molecular weight is 338 g/mol. The van der Waals surface area contributed by atoms with E-state index >= 15 is 0 Å². The fourth-order valence-electron chi connectivity index (χ4n) is 3.68. The first-order valence-electron chi connectivity index (χ1n) is 7.95. The summed E-state index contributed by atoms with van der Waals surface area (Å²) in [5, 5.41) is 14.7. The molecular weight excluding hydrogens is 318 g/mol. The van der Waals surface area contributed by atoms with E-state index in [1.165, 1.54) is 18.2 Å². The Labute approximate surface area is 139 Å². The van der Waals surface area contributed by atoms with Crippen molar-refractivity contribution < 1.29 is 9.72 Å². The molecule has 2 aliphatic rings. The maximum atomic E-state index is 12.7. The lowest BCUT2D eigenvalue weighted by Gasteiger charge is -2.44. The number of carbonyl (C=O) groups is 1. The highest BCUT2D eigenvalue weighted by molar-refractivity contribution is 6.34. The zero-order chi connectivity index (χ0) is 16.4. The van der Waals surface area contributed by atoms with Gasteiger partial charge in [0.05, 0.1) is 9.95 Å². The first kappa shape index (κ1) is 16.2. The van der Waals surface area contributed by atoms with Crippen molar-refractivity contribution in [3.05, 3.63) is 38.9 Å². The number of nitrogens with zero attached hydrogens (tertiary/aromatic N) is 2. The van der Waals surface area contributed by atoms with Gasteiger partial charge in [0.15, 0.2) is 0 Å². The highest BCUT2D eigenvalue weighted by Gasteiger charge is 2.38. The molecule has 0 unspecified atom stereocenters. The molecule has 2 fully saturated rings. The summed E-state index contributed by atoms with van der Waals surface area (Å²) in [5.74, 6) is -0.328. The molecule has 7 heteroatoms. The molecule has 0 aliphatic carbocycles. The summed E-state index contributed by atoms with van der Waals surface area (Å²) in [7, 11) is 0. The molecule has 124 valence electrons. The van der Waals surface area contributed by atoms with Crippen molar-refractivity contribution in [1.82, 2.24) is 10.2 Å². The first-order chi connectivity index (χ1) is 11.0. The summed E-state index contributed by atoms with van der Waals surface area (Å²) < 4.78 is 0. The number of nitrogens with one attached hydrogen (secondary N) is 1. The van der Waals surface area contributed by atoms with Crippen molar-refractivity contribution in [3.63, 3.8) is 0 Å². The number of likely N-dealkylation sites (tertiary alicyclic amines) is 1. The molecule has 2 saturated heterocycles. The molecule has 0 atom stereocenters. The number of carbonyl (C=O) groups excluding carboxylic acids is 1. The van der Waals surface area contributed by atoms with Crippen LogP contribution in [-0.4, -0.2) is 41.9 Å². The molecule has 23 heavy (non-hydrogen) atoms. The molecule has 2 aliphatic heterocycles. The van der Waals surface area contributed by atoms with E-state index in [0.29, 0.717) is 18.5 Å². The molecular formula is C16H20ClN3O3. The normalized spacial score (nSPS) is 20.5. The number of piperidine rings is 2. The zero-order valence-corrected chi connectivity index (χ0v) is 13.6. The molecule has 1 amide bonds. The van der Waals surface area contributed by atoms with Crippen LogP contribution < -0.4 is 5.32 Å². The molecule has 2 heterocycles. The minimum atomic E-state index is -0.544. The molecule has 0 radical (unpaired) electrons. The van der Waals surface area contributed by atoms with Gasteiger partial charge in [0.25, 0.3) is 11.6 Å². The number of halogens is 1. The number of amides is 1. The van der Waals surface area contributed by atoms with Crippen molar-refractivity contribution in [1.29, 1.82) is 0 Å². The van der Waals surface area contributed by atoms with Gasteiger partial charge in [0, 0.05) is 19.2 Å². The molecule has 3 rings (SSSR count). The van der Waals surface area contributed by atoms with E-state index in [4.69, 9.17) is 11.6 Å². The van der Waals surface area contributed by atoms with E-state index in [9.17, 15) is 14.9 Å². The van der Waals surface area contributed by atoms with E-state index in [1.807, 2.05) is 0 Å². The lowest BCUT2D eigenvalue weighted by molar-refractivity contribution is -0.385. The Kier molecular flexibility index (Phi) is 4.55. The maximum Gasteiger partial charge on any atom is 0.283 e. The van der Waals surface area contributed by atoms with Gasteiger partial charge in [-0.25, -0.2) is 0 Å². The molecule has 0 aromatic heterocycles. The van der Waals surface area contributed by atoms with Gasteiger partial charge in [-0.05, 0) is 50.3 Å². The lowest BCUT2D eigenvalue weighted by Crippen LogP contribution is -2.47. The van der Waals surface area contributed by atoms with Crippen molar-refractivity contribution >= 4 is 23.2 Å². The van der Waals surface area contributed by atoms with Crippen LogP contribution in [0.2, 0.25) is 5.02 Å². The molecule has 1 N–H and O–H groups in total. The summed E-state index contributed by atoms with van der Waals surface area (Å²) >= 11 is 6.07. The largest absolute Gasteiger partial charge is 0.338 e. The SMILES string of the molecule is O=C(c1c(Cl)cccc1[N+](=O)[O-])N1CCC2(CCNCC2)CC1. The van der Waals surface area contributed by atoms with Crippen LogP contribution in [0.4, 0.5) is 5.69 Å². The Hall–Kier alpha value is -1.66. The lowest BCUT2D eigenvalue weighted by atomic mass is 9.71. The Morgan fingerprint density at radius 3 is 2.48 bits per heavy atom. The van der Waals surface area contributed by atoms with E-state index in [2.05, 4.69) is 5.32 Å². The van der Waals surface area contributed by atoms with Crippen LogP contribution in [0.1, 0.15) is 36.0 Å². The Morgan fingerprint density at radius 1 is 1.22 bits per heavy atom. The second kappa shape index (κ2) is 6.45. The summed E-state index contributed by atoms with van der Waals surface area (Å²) in [5.41, 5.74) is 0.124. The van der Waals surface area contributed by atoms with Crippen LogP contribution in [-0.2, 0) is 0 Å². The highest BCUT2D eigenvalue weighted by Crippen LogP contribution is 2.40. The summed E-state index contributed by atoms with van der Waals surface area (Å²) in [6.07, 6.45) is 4.19. The Balaban J connectivity index is 1.76. The van der Waals surface area contributed by atoms with Crippen LogP contribution in [0.3, 0.4) is 0 Å². The fraction of sp³-hybridized carbons (Fsp3) is 0.562. The van der Waals surface area contributed by atoms with Crippen LogP contribution in [0.5, 0.6) is 0 Å². The number of nitro groups is 1. The molecule has 1 aromatic rings. The predicted octanol–water partition coefficient (Wildman–Crippen LogP) is 2.85. The minimum absolute atomic E-state index is 0.0143. The van der Waals surface area contributed by atoms with Gasteiger partial charge in [-0.3, -0.25) is 14.9 Å². The fourth-order valence-corrected chi connectivity index (χ4v) is 3.93. The van der Waals surface area contributed by atoms with Gasteiger partial charge in [-0.1, -0.05) is 17.7 Å². The Bertz CT molecular complexity index is 619. The van der Waals surface area contributed by atoms with Crippen molar-refractivity contribution in [2.24, 2.45) is 5.41 Å². The standard InChI is InChI=1S/C16H20ClN3O3/c17-12-2-1-3-13(20(22)23)14(12)15(21)19-10-6-16(7-11-19)4-8-18-9-5-16/h1-3,18H,4-11H2. The molecule has 0 bridgehead atoms. The summed E-state index contributed by atoms with van der Waals surface area (Å²) in [6, 6.07) is 4.36. The average Bonchev–Trinajstić information content (AvgIpc) is 2.55. The number of hydrogen-bond acceptors (Lipinski definition) is 4. The number of hydrogen-bond donors (Lipinski definition) is 1. The van der Waals surface area contributed by atoms with Gasteiger partial charge in [-0.2, -0.15) is 0 Å². The molecule has 1 spiro atoms. The molecule has 0 saturated carbocycles. The van der Waals surface area contributed by atoms with Crippen LogP contribution in [0.15, 0.2) is 18.2 Å². The quantitative estimate of drug-likeness (QED) is 0.665. The minimum Gasteiger partial charge on any atom is -0.338 e. The molecule has 6 nitrogen and oxygen atoms in total. The van der Waals surface area contributed by atoms with Crippen molar-refractivity contribution in [3.8, 4) is 0 Å². The second-order valence-electron chi connectivity index (χ2n) is 6.43. The predicted molar refractivity (Wildman–Crippen MR) is 87.8 cm³/mol. The number of benzene rings is 1. The number of nitro benzene ring substituents is 1. The van der Waals surface area contributed by atoms with Crippen molar-refractivity contribution in [2.75, 3.05) is 26.2 Å². The van der Waals surface area contributed by atoms with Crippen molar-refractivity contribution in [2.45, 2.75) is 25.7 Å². The van der Waals surface area contributed by atoms with Gasteiger partial charge in [-0.15, -0.1) is 0 Å². The van der Waals surface area contributed by atoms with E-state index in [0.717, 1.165) is 38.8 Å². The Morgan fingerprint density at radius 2 is 1.87 bits per heavy atom. The monoisotopic (exact) mass is 337 g/mol. The van der Waals surface area contributed by atoms with Gasteiger partial charge < -0.3 is 10.2 Å². The highest BCUT2D eigenvalue weighted by atomic mass is 35.5. The third kappa shape index (κ3) is 3.19. The third-order valence-corrected chi connectivity index (χ3v) is 5.49.